The van der Waals surface area contributed by atoms with Gasteiger partial charge in [-0.1, -0.05) is 84.0 Å². The third kappa shape index (κ3) is 3.65. The van der Waals surface area contributed by atoms with Crippen molar-refractivity contribution in [3.05, 3.63) is 59.2 Å². The van der Waals surface area contributed by atoms with Gasteiger partial charge in [-0.2, -0.15) is 0 Å². The molecule has 1 nitrogen and oxygen atoms in total. The summed E-state index contributed by atoms with van der Waals surface area (Å²) in [7, 11) is 0. The molecule has 0 aliphatic carbocycles. The van der Waals surface area contributed by atoms with Gasteiger partial charge in [-0.25, -0.2) is 0 Å². The van der Waals surface area contributed by atoms with Crippen molar-refractivity contribution in [1.82, 2.24) is 0 Å². The van der Waals surface area contributed by atoms with E-state index in [0.29, 0.717) is 5.56 Å². The van der Waals surface area contributed by atoms with E-state index in [1.807, 2.05) is 24.3 Å². The third-order valence-corrected chi connectivity index (χ3v) is 4.05. The zero-order valence-corrected chi connectivity index (χ0v) is 14.5. The van der Waals surface area contributed by atoms with E-state index in [1.165, 1.54) is 16.7 Å². The van der Waals surface area contributed by atoms with E-state index in [-0.39, 0.29) is 10.8 Å². The molecule has 1 heteroatoms. The Kier molecular flexibility index (Phi) is 4.28. The van der Waals surface area contributed by atoms with E-state index in [4.69, 9.17) is 0 Å². The van der Waals surface area contributed by atoms with Gasteiger partial charge in [-0.3, -0.25) is 4.79 Å². The first-order valence-electron chi connectivity index (χ1n) is 7.83. The van der Waals surface area contributed by atoms with Crippen LogP contribution in [0.2, 0.25) is 0 Å². The lowest BCUT2D eigenvalue weighted by Gasteiger charge is -2.26. The molecule has 0 aliphatic rings. The Labute approximate surface area is 134 Å². The molecular formula is C21H26O. The Morgan fingerprint density at radius 1 is 0.682 bits per heavy atom. The maximum absolute atomic E-state index is 10.8. The van der Waals surface area contributed by atoms with Crippen molar-refractivity contribution < 1.29 is 4.79 Å². The minimum atomic E-state index is 0.110. The highest BCUT2D eigenvalue weighted by Crippen LogP contribution is 2.33. The quantitative estimate of drug-likeness (QED) is 0.643. The van der Waals surface area contributed by atoms with Crippen molar-refractivity contribution in [3.8, 4) is 11.1 Å². The van der Waals surface area contributed by atoms with Crippen LogP contribution in [0.15, 0.2) is 42.5 Å². The second-order valence-electron chi connectivity index (χ2n) is 8.04. The van der Waals surface area contributed by atoms with Crippen molar-refractivity contribution in [2.45, 2.75) is 52.4 Å². The first kappa shape index (κ1) is 16.5. The molecule has 0 saturated heterocycles. The average molecular weight is 294 g/mol. The summed E-state index contributed by atoms with van der Waals surface area (Å²) in [6.45, 7) is 13.5. The molecule has 0 bridgehead atoms. The molecule has 2 aromatic rings. The lowest BCUT2D eigenvalue weighted by Crippen LogP contribution is -2.16. The molecule has 0 amide bonds. The highest BCUT2D eigenvalue weighted by molar-refractivity contribution is 5.77. The van der Waals surface area contributed by atoms with E-state index in [1.54, 1.807) is 0 Å². The second kappa shape index (κ2) is 5.72. The summed E-state index contributed by atoms with van der Waals surface area (Å²) in [5, 5.41) is 0. The minimum absolute atomic E-state index is 0.110. The molecule has 0 unspecified atom stereocenters. The van der Waals surface area contributed by atoms with Crippen molar-refractivity contribution in [3.63, 3.8) is 0 Å². The van der Waals surface area contributed by atoms with E-state index in [2.05, 4.69) is 59.7 Å². The predicted octanol–water partition coefficient (Wildman–Crippen LogP) is 5.76. The van der Waals surface area contributed by atoms with Crippen LogP contribution in [0.1, 0.15) is 63.0 Å². The van der Waals surface area contributed by atoms with Gasteiger partial charge in [0, 0.05) is 5.56 Å². The lowest BCUT2D eigenvalue weighted by molar-refractivity contribution is 0.112. The fourth-order valence-corrected chi connectivity index (χ4v) is 2.41. The van der Waals surface area contributed by atoms with Gasteiger partial charge in [0.1, 0.15) is 6.29 Å². The lowest BCUT2D eigenvalue weighted by atomic mass is 9.79. The van der Waals surface area contributed by atoms with Crippen LogP contribution in [0.5, 0.6) is 0 Å². The molecule has 22 heavy (non-hydrogen) atoms. The zero-order chi connectivity index (χ0) is 16.5. The highest BCUT2D eigenvalue weighted by Gasteiger charge is 2.20. The molecule has 0 saturated carbocycles. The summed E-state index contributed by atoms with van der Waals surface area (Å²) in [4.78, 5) is 10.8. The van der Waals surface area contributed by atoms with Gasteiger partial charge in [0.25, 0.3) is 0 Å². The first-order chi connectivity index (χ1) is 10.1. The topological polar surface area (TPSA) is 17.1 Å². The minimum Gasteiger partial charge on any atom is -0.298 e. The largest absolute Gasteiger partial charge is 0.298 e. The smallest absolute Gasteiger partial charge is 0.150 e. The molecule has 0 radical (unpaired) electrons. The predicted molar refractivity (Wildman–Crippen MR) is 94.7 cm³/mol. The molecule has 0 spiro atoms. The number of benzene rings is 2. The van der Waals surface area contributed by atoms with E-state index in [9.17, 15) is 4.79 Å². The van der Waals surface area contributed by atoms with Gasteiger partial charge in [0.05, 0.1) is 0 Å². The average Bonchev–Trinajstić information content (AvgIpc) is 2.45. The van der Waals surface area contributed by atoms with Crippen molar-refractivity contribution in [2.24, 2.45) is 0 Å². The van der Waals surface area contributed by atoms with Crippen LogP contribution in [-0.4, -0.2) is 6.29 Å². The fourth-order valence-electron chi connectivity index (χ4n) is 2.41. The molecule has 0 aromatic heterocycles. The van der Waals surface area contributed by atoms with Crippen LogP contribution in [0.4, 0.5) is 0 Å². The standard InChI is InChI=1S/C21H26O/c1-20(2,3)18-11-17(12-19(13-18)21(4,5)6)16-9-7-15(14-22)8-10-16/h7-14H,1-6H3. The van der Waals surface area contributed by atoms with Crippen LogP contribution < -0.4 is 0 Å². The molecule has 2 aromatic carbocycles. The Hall–Kier alpha value is -1.89. The zero-order valence-electron chi connectivity index (χ0n) is 14.5. The number of aldehydes is 1. The third-order valence-electron chi connectivity index (χ3n) is 4.05. The van der Waals surface area contributed by atoms with Gasteiger partial charge >= 0.3 is 0 Å². The van der Waals surface area contributed by atoms with Gasteiger partial charge in [-0.15, -0.1) is 0 Å². The van der Waals surface area contributed by atoms with E-state index >= 15 is 0 Å². The van der Waals surface area contributed by atoms with Crippen LogP contribution >= 0.6 is 0 Å². The van der Waals surface area contributed by atoms with E-state index < -0.39 is 0 Å². The molecule has 0 fully saturated rings. The maximum atomic E-state index is 10.8. The summed E-state index contributed by atoms with van der Waals surface area (Å²) in [5.74, 6) is 0. The van der Waals surface area contributed by atoms with Crippen molar-refractivity contribution >= 4 is 6.29 Å². The summed E-state index contributed by atoms with van der Waals surface area (Å²) in [6.07, 6.45) is 0.885. The molecule has 0 aliphatic heterocycles. The summed E-state index contributed by atoms with van der Waals surface area (Å²) in [5.41, 5.74) is 5.99. The Morgan fingerprint density at radius 3 is 1.50 bits per heavy atom. The molecule has 0 heterocycles. The number of carbonyl (C=O) groups is 1. The number of rotatable bonds is 2. The van der Waals surface area contributed by atoms with Crippen LogP contribution in [0.25, 0.3) is 11.1 Å². The fraction of sp³-hybridized carbons (Fsp3) is 0.381. The number of hydrogen-bond donors (Lipinski definition) is 0. The van der Waals surface area contributed by atoms with Crippen molar-refractivity contribution in [1.29, 1.82) is 0 Å². The van der Waals surface area contributed by atoms with Gasteiger partial charge in [-0.05, 0) is 33.1 Å². The second-order valence-corrected chi connectivity index (χ2v) is 8.04. The summed E-state index contributed by atoms with van der Waals surface area (Å²) >= 11 is 0. The highest BCUT2D eigenvalue weighted by atomic mass is 16.1. The number of carbonyl (C=O) groups excluding carboxylic acids is 1. The molecule has 2 rings (SSSR count). The van der Waals surface area contributed by atoms with Gasteiger partial charge in [0.15, 0.2) is 0 Å². The Bertz CT molecular complexity index is 632. The number of hydrogen-bond acceptors (Lipinski definition) is 1. The van der Waals surface area contributed by atoms with Gasteiger partial charge < -0.3 is 0 Å². The summed E-state index contributed by atoms with van der Waals surface area (Å²) < 4.78 is 0. The SMILES string of the molecule is CC(C)(C)c1cc(-c2ccc(C=O)cc2)cc(C(C)(C)C)c1. The van der Waals surface area contributed by atoms with E-state index in [0.717, 1.165) is 11.8 Å². The maximum Gasteiger partial charge on any atom is 0.150 e. The molecule has 116 valence electrons. The summed E-state index contributed by atoms with van der Waals surface area (Å²) in [6, 6.07) is 14.7. The molecular weight excluding hydrogens is 268 g/mol. The monoisotopic (exact) mass is 294 g/mol. The van der Waals surface area contributed by atoms with Crippen molar-refractivity contribution in [2.75, 3.05) is 0 Å². The van der Waals surface area contributed by atoms with Crippen LogP contribution in [0.3, 0.4) is 0 Å². The molecule has 0 atom stereocenters. The normalized spacial score (nSPS) is 12.3. The molecule has 0 N–H and O–H groups in total. The Morgan fingerprint density at radius 2 is 1.14 bits per heavy atom. The van der Waals surface area contributed by atoms with Crippen LogP contribution in [-0.2, 0) is 10.8 Å². The van der Waals surface area contributed by atoms with Crippen LogP contribution in [0, 0.1) is 0 Å². The Balaban J connectivity index is 2.61. The first-order valence-corrected chi connectivity index (χ1v) is 7.83. The van der Waals surface area contributed by atoms with Gasteiger partial charge in [0.2, 0.25) is 0 Å².